The third-order valence-corrected chi connectivity index (χ3v) is 4.25. The van der Waals surface area contributed by atoms with Crippen LogP contribution in [-0.4, -0.2) is 41.3 Å². The highest BCUT2D eigenvalue weighted by Crippen LogP contribution is 2.43. The van der Waals surface area contributed by atoms with Crippen LogP contribution in [0.3, 0.4) is 0 Å². The van der Waals surface area contributed by atoms with Crippen molar-refractivity contribution >= 4 is 24.8 Å². The summed E-state index contributed by atoms with van der Waals surface area (Å²) in [5, 5.41) is 23.2. The van der Waals surface area contributed by atoms with Crippen molar-refractivity contribution in [2.75, 3.05) is 26.2 Å². The number of hydrogen-bond acceptors (Lipinski definition) is 4. The van der Waals surface area contributed by atoms with Gasteiger partial charge in [0.25, 0.3) is 0 Å². The minimum atomic E-state index is -0.00608. The topological polar surface area (TPSA) is 55.7 Å². The van der Waals surface area contributed by atoms with Crippen molar-refractivity contribution in [3.63, 3.8) is 0 Å². The van der Waals surface area contributed by atoms with Crippen LogP contribution in [0.25, 0.3) is 0 Å². The fraction of sp³-hybridized carbons (Fsp3) is 0.600. The van der Waals surface area contributed by atoms with E-state index in [4.69, 9.17) is 0 Å². The Kier molecular flexibility index (Phi) is 7.07. The van der Waals surface area contributed by atoms with Crippen LogP contribution in [0.2, 0.25) is 0 Å². The van der Waals surface area contributed by atoms with Gasteiger partial charge in [-0.15, -0.1) is 24.8 Å². The summed E-state index contributed by atoms with van der Waals surface area (Å²) < 4.78 is 0. The van der Waals surface area contributed by atoms with Crippen molar-refractivity contribution in [1.82, 2.24) is 10.2 Å². The van der Waals surface area contributed by atoms with E-state index in [9.17, 15) is 10.2 Å². The van der Waals surface area contributed by atoms with Gasteiger partial charge in [-0.05, 0) is 18.4 Å². The third-order valence-electron chi connectivity index (χ3n) is 4.25. The second-order valence-electron chi connectivity index (χ2n) is 5.70. The van der Waals surface area contributed by atoms with Gasteiger partial charge in [0.15, 0.2) is 11.5 Å². The van der Waals surface area contributed by atoms with E-state index < -0.39 is 0 Å². The number of benzene rings is 1. The average molecular weight is 335 g/mol. The summed E-state index contributed by atoms with van der Waals surface area (Å²) >= 11 is 0. The summed E-state index contributed by atoms with van der Waals surface area (Å²) in [6.07, 6.45) is 3.71. The Hall–Kier alpha value is -0.680. The molecule has 1 aliphatic heterocycles. The fourth-order valence-electron chi connectivity index (χ4n) is 2.95. The molecule has 1 aliphatic carbocycles. The van der Waals surface area contributed by atoms with Crippen molar-refractivity contribution in [2.24, 2.45) is 5.92 Å². The van der Waals surface area contributed by atoms with Crippen LogP contribution >= 0.6 is 24.8 Å². The molecule has 0 aromatic heterocycles. The lowest BCUT2D eigenvalue weighted by molar-refractivity contribution is 0.157. The molecule has 0 spiro atoms. The lowest BCUT2D eigenvalue weighted by Crippen LogP contribution is -2.45. The highest BCUT2D eigenvalue weighted by Gasteiger charge is 2.32. The first kappa shape index (κ1) is 18.4. The molecule has 3 N–H and O–H groups in total. The van der Waals surface area contributed by atoms with Gasteiger partial charge >= 0.3 is 0 Å². The molecule has 0 amide bonds. The van der Waals surface area contributed by atoms with E-state index in [1.165, 1.54) is 12.8 Å². The summed E-state index contributed by atoms with van der Waals surface area (Å²) in [6, 6.07) is 5.56. The van der Waals surface area contributed by atoms with Gasteiger partial charge in [0, 0.05) is 37.8 Å². The number of nitrogens with one attached hydrogen (secondary N) is 1. The number of para-hydroxylation sites is 1. The molecule has 120 valence electrons. The SMILES string of the molecule is Cl.Cl.Oc1cccc([C@H](CC2CC2)N2CCNCC2)c1O. The molecule has 0 radical (unpaired) electrons. The van der Waals surface area contributed by atoms with Gasteiger partial charge in [-0.1, -0.05) is 25.0 Å². The Morgan fingerprint density at radius 3 is 2.43 bits per heavy atom. The molecule has 0 unspecified atom stereocenters. The monoisotopic (exact) mass is 334 g/mol. The van der Waals surface area contributed by atoms with E-state index in [0.717, 1.165) is 44.1 Å². The highest BCUT2D eigenvalue weighted by molar-refractivity contribution is 5.85. The van der Waals surface area contributed by atoms with Crippen LogP contribution in [0.5, 0.6) is 11.5 Å². The predicted molar refractivity (Wildman–Crippen MR) is 88.8 cm³/mol. The quantitative estimate of drug-likeness (QED) is 0.741. The first-order valence-electron chi connectivity index (χ1n) is 7.21. The van der Waals surface area contributed by atoms with E-state index in [-0.39, 0.29) is 42.4 Å². The molecule has 1 saturated heterocycles. The molecule has 1 heterocycles. The van der Waals surface area contributed by atoms with Crippen LogP contribution in [0.15, 0.2) is 18.2 Å². The lowest BCUT2D eigenvalue weighted by atomic mass is 9.97. The fourth-order valence-corrected chi connectivity index (χ4v) is 2.95. The van der Waals surface area contributed by atoms with Crippen LogP contribution in [0.1, 0.15) is 30.9 Å². The van der Waals surface area contributed by atoms with Crippen LogP contribution in [0.4, 0.5) is 0 Å². The normalized spacial score (nSPS) is 20.2. The zero-order chi connectivity index (χ0) is 13.2. The smallest absolute Gasteiger partial charge is 0.162 e. The van der Waals surface area contributed by atoms with Crippen LogP contribution in [0, 0.1) is 5.92 Å². The first-order valence-corrected chi connectivity index (χ1v) is 7.21. The minimum absolute atomic E-state index is 0. The summed E-state index contributed by atoms with van der Waals surface area (Å²) in [6.45, 7) is 4.01. The van der Waals surface area contributed by atoms with Crippen molar-refractivity contribution in [3.8, 4) is 11.5 Å². The molecule has 2 fully saturated rings. The van der Waals surface area contributed by atoms with E-state index in [1.54, 1.807) is 6.07 Å². The molecule has 21 heavy (non-hydrogen) atoms. The van der Waals surface area contributed by atoms with Crippen LogP contribution < -0.4 is 5.32 Å². The molecular formula is C15H24Cl2N2O2. The minimum Gasteiger partial charge on any atom is -0.504 e. The standard InChI is InChI=1S/C15H22N2O2.2ClH/c18-14-3-1-2-12(15(14)19)13(10-11-4-5-11)17-8-6-16-7-9-17;;/h1-3,11,13,16,18-19H,4-10H2;2*1H/t13-;;/m0../s1. The van der Waals surface area contributed by atoms with E-state index in [0.29, 0.717) is 0 Å². The maximum Gasteiger partial charge on any atom is 0.162 e. The Morgan fingerprint density at radius 2 is 1.81 bits per heavy atom. The maximum atomic E-state index is 10.1. The van der Waals surface area contributed by atoms with Crippen molar-refractivity contribution in [2.45, 2.75) is 25.3 Å². The van der Waals surface area contributed by atoms with Crippen molar-refractivity contribution in [1.29, 1.82) is 0 Å². The Balaban J connectivity index is 0.00000110. The highest BCUT2D eigenvalue weighted by atomic mass is 35.5. The van der Waals surface area contributed by atoms with Crippen molar-refractivity contribution in [3.05, 3.63) is 23.8 Å². The number of phenolic OH excluding ortho intramolecular Hbond substituents is 2. The molecule has 0 bridgehead atoms. The molecular weight excluding hydrogens is 311 g/mol. The van der Waals surface area contributed by atoms with Gasteiger partial charge < -0.3 is 15.5 Å². The molecule has 4 nitrogen and oxygen atoms in total. The number of nitrogens with zero attached hydrogens (tertiary/aromatic N) is 1. The number of aromatic hydroxyl groups is 2. The first-order chi connectivity index (χ1) is 9.25. The summed E-state index contributed by atoms with van der Waals surface area (Å²) in [5.41, 5.74) is 0.883. The zero-order valence-corrected chi connectivity index (χ0v) is 13.6. The van der Waals surface area contributed by atoms with Gasteiger partial charge in [-0.2, -0.15) is 0 Å². The molecule has 1 aromatic rings. The Morgan fingerprint density at radius 1 is 1.14 bits per heavy atom. The van der Waals surface area contributed by atoms with Crippen LogP contribution in [-0.2, 0) is 0 Å². The number of rotatable bonds is 4. The van der Waals surface area contributed by atoms with Gasteiger partial charge in [-0.25, -0.2) is 0 Å². The zero-order valence-electron chi connectivity index (χ0n) is 12.0. The number of hydrogen-bond donors (Lipinski definition) is 3. The van der Waals surface area contributed by atoms with Crippen molar-refractivity contribution < 1.29 is 10.2 Å². The molecule has 2 aliphatic rings. The second kappa shape index (κ2) is 8.08. The summed E-state index contributed by atoms with van der Waals surface area (Å²) in [7, 11) is 0. The molecule has 6 heteroatoms. The average Bonchev–Trinajstić information content (AvgIpc) is 3.25. The van der Waals surface area contributed by atoms with E-state index >= 15 is 0 Å². The predicted octanol–water partition coefficient (Wildman–Crippen LogP) is 2.69. The van der Waals surface area contributed by atoms with Gasteiger partial charge in [0.1, 0.15) is 0 Å². The number of piperazine rings is 1. The summed E-state index contributed by atoms with van der Waals surface area (Å²) in [5.74, 6) is 0.849. The van der Waals surface area contributed by atoms with Gasteiger partial charge in [-0.3, -0.25) is 4.90 Å². The largest absolute Gasteiger partial charge is 0.504 e. The molecule has 1 saturated carbocycles. The summed E-state index contributed by atoms with van der Waals surface area (Å²) in [4.78, 5) is 2.43. The van der Waals surface area contributed by atoms with Gasteiger partial charge in [0.2, 0.25) is 0 Å². The van der Waals surface area contributed by atoms with Gasteiger partial charge in [0.05, 0.1) is 0 Å². The lowest BCUT2D eigenvalue weighted by Gasteiger charge is -2.35. The van der Waals surface area contributed by atoms with E-state index in [1.807, 2.05) is 12.1 Å². The number of phenols is 2. The second-order valence-corrected chi connectivity index (χ2v) is 5.70. The third kappa shape index (κ3) is 4.39. The van der Waals surface area contributed by atoms with E-state index in [2.05, 4.69) is 10.2 Å². The Bertz CT molecular complexity index is 449. The Labute approximate surface area is 138 Å². The molecule has 1 aromatic carbocycles. The molecule has 3 rings (SSSR count). The number of halogens is 2. The molecule has 1 atom stereocenters. The maximum absolute atomic E-state index is 10.1.